The average Bonchev–Trinajstić information content (AvgIpc) is 2.88. The topological polar surface area (TPSA) is 74.0 Å². The van der Waals surface area contributed by atoms with E-state index in [1.165, 1.54) is 20.2 Å². The molecule has 0 radical (unpaired) electrons. The second-order valence-corrected chi connectivity index (χ2v) is 7.93. The summed E-state index contributed by atoms with van der Waals surface area (Å²) in [6.45, 7) is 3.67. The number of likely N-dealkylation sites (tertiary alicyclic amines) is 1. The molecule has 1 fully saturated rings. The fourth-order valence-corrected chi connectivity index (χ4v) is 3.60. The molecule has 21 heavy (non-hydrogen) atoms. The fourth-order valence-electron chi connectivity index (χ4n) is 2.79. The van der Waals surface area contributed by atoms with E-state index in [-0.39, 0.29) is 17.7 Å². The van der Waals surface area contributed by atoms with E-state index in [9.17, 15) is 13.5 Å². The Hall–Kier alpha value is -0.890. The molecule has 1 saturated heterocycles. The first kappa shape index (κ1) is 16.5. The zero-order valence-electron chi connectivity index (χ0n) is 12.8. The third-order valence-electron chi connectivity index (χ3n) is 4.15. The molecule has 1 aromatic heterocycles. The quantitative estimate of drug-likeness (QED) is 0.881. The van der Waals surface area contributed by atoms with Crippen molar-refractivity contribution in [2.45, 2.75) is 37.4 Å². The van der Waals surface area contributed by atoms with Crippen molar-refractivity contribution in [1.82, 2.24) is 9.21 Å². The first-order valence-corrected chi connectivity index (χ1v) is 8.66. The monoisotopic (exact) mass is 316 g/mol. The third kappa shape index (κ3) is 3.48. The van der Waals surface area contributed by atoms with Crippen LogP contribution in [0.2, 0.25) is 0 Å². The number of aliphatic hydroxyl groups excluding tert-OH is 1. The molecule has 0 aliphatic carbocycles. The lowest BCUT2D eigenvalue weighted by molar-refractivity contribution is 0.0417. The molecule has 1 aromatic rings. The molecule has 0 amide bonds. The van der Waals surface area contributed by atoms with Crippen molar-refractivity contribution in [2.24, 2.45) is 5.92 Å². The van der Waals surface area contributed by atoms with E-state index >= 15 is 0 Å². The summed E-state index contributed by atoms with van der Waals surface area (Å²) >= 11 is 0. The molecule has 6 nitrogen and oxygen atoms in total. The number of nitrogens with zero attached hydrogens (tertiary/aromatic N) is 2. The largest absolute Gasteiger partial charge is 0.447 e. The average molecular weight is 316 g/mol. The Morgan fingerprint density at radius 2 is 2.14 bits per heavy atom. The van der Waals surface area contributed by atoms with Gasteiger partial charge in [0.15, 0.2) is 0 Å². The second kappa shape index (κ2) is 6.48. The van der Waals surface area contributed by atoms with Gasteiger partial charge in [-0.15, -0.1) is 0 Å². The second-order valence-electron chi connectivity index (χ2n) is 5.85. The highest BCUT2D eigenvalue weighted by atomic mass is 32.2. The van der Waals surface area contributed by atoms with Gasteiger partial charge in [0.1, 0.15) is 5.76 Å². The van der Waals surface area contributed by atoms with Crippen LogP contribution in [0, 0.1) is 5.92 Å². The van der Waals surface area contributed by atoms with Crippen LogP contribution >= 0.6 is 0 Å². The smallest absolute Gasteiger partial charge is 0.275 e. The van der Waals surface area contributed by atoms with Crippen molar-refractivity contribution >= 4 is 10.0 Å². The van der Waals surface area contributed by atoms with E-state index in [1.807, 2.05) is 0 Å². The predicted octanol–water partition coefficient (Wildman–Crippen LogP) is 1.12. The molecule has 0 aromatic carbocycles. The van der Waals surface area contributed by atoms with E-state index in [0.29, 0.717) is 18.2 Å². The number of hydrogen-bond acceptors (Lipinski definition) is 5. The van der Waals surface area contributed by atoms with Gasteiger partial charge in [0.25, 0.3) is 10.0 Å². The molecule has 7 heteroatoms. The standard InChI is InChI=1S/C14H24N2O4S/c1-11-5-4-8-16(13(11)10-17)9-12-6-7-14(20-12)21(18,19)15(2)3/h6-7,11,13,17H,4-5,8-10H2,1-3H3. The Balaban J connectivity index is 2.12. The Kier molecular flexibility index (Phi) is 5.08. The van der Waals surface area contributed by atoms with Crippen molar-refractivity contribution in [3.8, 4) is 0 Å². The fraction of sp³-hybridized carbons (Fsp3) is 0.714. The van der Waals surface area contributed by atoms with Gasteiger partial charge in [-0.25, -0.2) is 12.7 Å². The van der Waals surface area contributed by atoms with Crippen LogP contribution in [0.4, 0.5) is 0 Å². The van der Waals surface area contributed by atoms with Crippen molar-refractivity contribution in [3.63, 3.8) is 0 Å². The number of aliphatic hydroxyl groups is 1. The van der Waals surface area contributed by atoms with E-state index in [0.717, 1.165) is 23.7 Å². The summed E-state index contributed by atoms with van der Waals surface area (Å²) in [7, 11) is -0.572. The summed E-state index contributed by atoms with van der Waals surface area (Å²) in [6, 6.07) is 3.30. The molecule has 1 aliphatic heterocycles. The van der Waals surface area contributed by atoms with Crippen LogP contribution in [0.25, 0.3) is 0 Å². The molecule has 0 saturated carbocycles. The van der Waals surface area contributed by atoms with E-state index in [2.05, 4.69) is 11.8 Å². The predicted molar refractivity (Wildman–Crippen MR) is 79.3 cm³/mol. The van der Waals surface area contributed by atoms with Crippen molar-refractivity contribution < 1.29 is 17.9 Å². The van der Waals surface area contributed by atoms with Crippen molar-refractivity contribution in [3.05, 3.63) is 17.9 Å². The molecule has 2 atom stereocenters. The highest BCUT2D eigenvalue weighted by molar-refractivity contribution is 7.88. The maximum atomic E-state index is 12.0. The van der Waals surface area contributed by atoms with Gasteiger partial charge >= 0.3 is 0 Å². The van der Waals surface area contributed by atoms with Crippen molar-refractivity contribution in [1.29, 1.82) is 0 Å². The Morgan fingerprint density at radius 3 is 2.76 bits per heavy atom. The molecule has 2 unspecified atom stereocenters. The summed E-state index contributed by atoms with van der Waals surface area (Å²) in [5, 5.41) is 9.51. The minimum atomic E-state index is -3.53. The van der Waals surface area contributed by atoms with Crippen LogP contribution < -0.4 is 0 Å². The van der Waals surface area contributed by atoms with Gasteiger partial charge in [-0.05, 0) is 37.4 Å². The first-order chi connectivity index (χ1) is 9.86. The van der Waals surface area contributed by atoms with E-state index in [1.54, 1.807) is 6.07 Å². The maximum Gasteiger partial charge on any atom is 0.275 e. The van der Waals surface area contributed by atoms with Crippen LogP contribution in [0.5, 0.6) is 0 Å². The molecular formula is C14H24N2O4S. The van der Waals surface area contributed by atoms with Gasteiger partial charge < -0.3 is 9.52 Å². The van der Waals surface area contributed by atoms with Gasteiger partial charge in [-0.3, -0.25) is 4.90 Å². The number of piperidine rings is 1. The number of hydrogen-bond donors (Lipinski definition) is 1. The molecule has 2 heterocycles. The highest BCUT2D eigenvalue weighted by Gasteiger charge is 2.29. The first-order valence-electron chi connectivity index (χ1n) is 7.22. The zero-order chi connectivity index (χ0) is 15.6. The maximum absolute atomic E-state index is 12.0. The third-order valence-corrected chi connectivity index (χ3v) is 5.84. The summed E-state index contributed by atoms with van der Waals surface area (Å²) in [4.78, 5) is 2.17. The molecule has 120 valence electrons. The lowest BCUT2D eigenvalue weighted by atomic mass is 9.91. The number of rotatable bonds is 5. The zero-order valence-corrected chi connectivity index (χ0v) is 13.6. The molecule has 0 spiro atoms. The summed E-state index contributed by atoms with van der Waals surface area (Å²) in [5.41, 5.74) is 0. The normalized spacial score (nSPS) is 24.6. The lowest BCUT2D eigenvalue weighted by Gasteiger charge is -2.38. The van der Waals surface area contributed by atoms with Crippen LogP contribution in [0.15, 0.2) is 21.6 Å². The van der Waals surface area contributed by atoms with E-state index < -0.39 is 10.0 Å². The lowest BCUT2D eigenvalue weighted by Crippen LogP contribution is -2.45. The van der Waals surface area contributed by atoms with Gasteiger partial charge in [0.2, 0.25) is 5.09 Å². The SMILES string of the molecule is CC1CCCN(Cc2ccc(S(=O)(=O)N(C)C)o2)C1CO. The molecular weight excluding hydrogens is 292 g/mol. The Bertz CT molecular complexity index is 567. The molecule has 1 aliphatic rings. The number of sulfonamides is 1. The van der Waals surface area contributed by atoms with Gasteiger partial charge in [-0.1, -0.05) is 6.92 Å². The van der Waals surface area contributed by atoms with Crippen molar-refractivity contribution in [2.75, 3.05) is 27.2 Å². The number of furan rings is 1. The van der Waals surface area contributed by atoms with E-state index in [4.69, 9.17) is 4.42 Å². The summed E-state index contributed by atoms with van der Waals surface area (Å²) in [6.07, 6.45) is 2.20. The van der Waals surface area contributed by atoms with Gasteiger partial charge in [-0.2, -0.15) is 0 Å². The van der Waals surface area contributed by atoms with Crippen LogP contribution in [0.3, 0.4) is 0 Å². The summed E-state index contributed by atoms with van der Waals surface area (Å²) in [5.74, 6) is 1.05. The van der Waals surface area contributed by atoms with Crippen LogP contribution in [-0.4, -0.2) is 56.0 Å². The Morgan fingerprint density at radius 1 is 1.43 bits per heavy atom. The molecule has 1 N–H and O–H groups in total. The van der Waals surface area contributed by atoms with Gasteiger partial charge in [0, 0.05) is 20.1 Å². The van der Waals surface area contributed by atoms with Crippen LogP contribution in [0.1, 0.15) is 25.5 Å². The Labute approximate surface area is 126 Å². The molecule has 2 rings (SSSR count). The van der Waals surface area contributed by atoms with Crippen LogP contribution in [-0.2, 0) is 16.6 Å². The minimum Gasteiger partial charge on any atom is -0.447 e. The molecule has 0 bridgehead atoms. The summed E-state index contributed by atoms with van der Waals surface area (Å²) < 4.78 is 30.6. The minimum absolute atomic E-state index is 0.0342. The van der Waals surface area contributed by atoms with Gasteiger partial charge in [0.05, 0.1) is 13.2 Å². The highest BCUT2D eigenvalue weighted by Crippen LogP contribution is 2.26.